The fourth-order valence-corrected chi connectivity index (χ4v) is 4.22. The van der Waals surface area contributed by atoms with E-state index in [4.69, 9.17) is 21.7 Å². The van der Waals surface area contributed by atoms with Crippen LogP contribution in [0.5, 0.6) is 11.5 Å². The van der Waals surface area contributed by atoms with Gasteiger partial charge in [-0.3, -0.25) is 14.7 Å². The third-order valence-electron chi connectivity index (χ3n) is 3.81. The predicted molar refractivity (Wildman–Crippen MR) is 115 cm³/mol. The lowest BCUT2D eigenvalue weighted by atomic mass is 10.1. The summed E-state index contributed by atoms with van der Waals surface area (Å²) in [5, 5.41) is 0. The van der Waals surface area contributed by atoms with Crippen LogP contribution in [0.25, 0.3) is 6.08 Å². The zero-order valence-electron chi connectivity index (χ0n) is 14.8. The normalized spacial score (nSPS) is 15.5. The van der Waals surface area contributed by atoms with E-state index in [0.717, 1.165) is 15.6 Å². The number of nitrogens with zero attached hydrogens (tertiary/aromatic N) is 2. The molecule has 1 aliphatic rings. The molecule has 0 radical (unpaired) electrons. The van der Waals surface area contributed by atoms with Crippen molar-refractivity contribution >= 4 is 56.2 Å². The zero-order valence-corrected chi connectivity index (χ0v) is 18.0. The molecule has 0 saturated carbocycles. The number of thiocarbonyl (C=S) groups is 1. The van der Waals surface area contributed by atoms with Gasteiger partial charge in [-0.05, 0) is 42.3 Å². The Morgan fingerprint density at radius 3 is 2.85 bits per heavy atom. The lowest BCUT2D eigenvalue weighted by molar-refractivity contribution is -0.122. The SMILES string of the molecule is CCOc1cc(Br)c(C=C2SC(=S)N(Cc3cccnc3)C2=O)cc1OC. The molecule has 1 aromatic carbocycles. The molecule has 0 bridgehead atoms. The lowest BCUT2D eigenvalue weighted by Crippen LogP contribution is -2.27. The molecule has 0 atom stereocenters. The van der Waals surface area contributed by atoms with Crippen molar-refractivity contribution < 1.29 is 14.3 Å². The van der Waals surface area contributed by atoms with E-state index in [0.29, 0.717) is 33.9 Å². The minimum Gasteiger partial charge on any atom is -0.493 e. The number of carbonyl (C=O) groups is 1. The second kappa shape index (κ2) is 8.86. The highest BCUT2D eigenvalue weighted by molar-refractivity contribution is 9.10. The molecule has 0 spiro atoms. The number of rotatable bonds is 6. The molecular formula is C19H17BrN2O3S2. The van der Waals surface area contributed by atoms with Gasteiger partial charge in [-0.25, -0.2) is 0 Å². The predicted octanol–water partition coefficient (Wildman–Crippen LogP) is 4.65. The number of pyridine rings is 1. The third kappa shape index (κ3) is 4.51. The van der Waals surface area contributed by atoms with Crippen LogP contribution in [-0.4, -0.2) is 33.8 Å². The van der Waals surface area contributed by atoms with Crippen LogP contribution in [0.2, 0.25) is 0 Å². The molecule has 0 aliphatic carbocycles. The Hall–Kier alpha value is -1.90. The van der Waals surface area contributed by atoms with Crippen LogP contribution in [0.3, 0.4) is 0 Å². The van der Waals surface area contributed by atoms with E-state index in [1.54, 1.807) is 24.4 Å². The molecule has 1 fully saturated rings. The number of benzene rings is 1. The summed E-state index contributed by atoms with van der Waals surface area (Å²) >= 11 is 10.2. The molecule has 5 nitrogen and oxygen atoms in total. The molecule has 8 heteroatoms. The fraction of sp³-hybridized carbons (Fsp3) is 0.211. The Labute approximate surface area is 175 Å². The van der Waals surface area contributed by atoms with Crippen LogP contribution < -0.4 is 9.47 Å². The molecule has 0 N–H and O–H groups in total. The van der Waals surface area contributed by atoms with Gasteiger partial charge in [-0.2, -0.15) is 0 Å². The lowest BCUT2D eigenvalue weighted by Gasteiger charge is -2.14. The Kier molecular flexibility index (Phi) is 6.51. The second-order valence-electron chi connectivity index (χ2n) is 5.59. The summed E-state index contributed by atoms with van der Waals surface area (Å²) in [4.78, 5) is 19.1. The van der Waals surface area contributed by atoms with E-state index in [-0.39, 0.29) is 5.91 Å². The first-order valence-electron chi connectivity index (χ1n) is 8.18. The number of methoxy groups -OCH3 is 1. The summed E-state index contributed by atoms with van der Waals surface area (Å²) in [5.74, 6) is 1.14. The van der Waals surface area contributed by atoms with E-state index in [2.05, 4.69) is 20.9 Å². The molecular weight excluding hydrogens is 448 g/mol. The largest absolute Gasteiger partial charge is 0.493 e. The maximum absolute atomic E-state index is 12.8. The van der Waals surface area contributed by atoms with Crippen molar-refractivity contribution in [1.82, 2.24) is 9.88 Å². The number of ether oxygens (including phenoxy) is 2. The third-order valence-corrected chi connectivity index (χ3v) is 5.87. The van der Waals surface area contributed by atoms with Gasteiger partial charge in [0, 0.05) is 16.9 Å². The van der Waals surface area contributed by atoms with Gasteiger partial charge < -0.3 is 9.47 Å². The zero-order chi connectivity index (χ0) is 19.4. The first-order chi connectivity index (χ1) is 13.0. The molecule has 1 aliphatic heterocycles. The molecule has 140 valence electrons. The summed E-state index contributed by atoms with van der Waals surface area (Å²) in [6.07, 6.45) is 5.24. The minimum atomic E-state index is -0.117. The highest BCUT2D eigenvalue weighted by Gasteiger charge is 2.32. The van der Waals surface area contributed by atoms with Gasteiger partial charge >= 0.3 is 0 Å². The van der Waals surface area contributed by atoms with E-state index in [9.17, 15) is 4.79 Å². The molecule has 27 heavy (non-hydrogen) atoms. The van der Waals surface area contributed by atoms with Gasteiger partial charge in [0.1, 0.15) is 4.32 Å². The standard InChI is InChI=1S/C19H17BrN2O3S2/c1-3-25-16-9-14(20)13(7-15(16)24-2)8-17-18(23)22(19(26)27-17)11-12-5-4-6-21-10-12/h4-10H,3,11H2,1-2H3. The Morgan fingerprint density at radius 2 is 2.19 bits per heavy atom. The van der Waals surface area contributed by atoms with Gasteiger partial charge in [0.2, 0.25) is 0 Å². The summed E-state index contributed by atoms with van der Waals surface area (Å²) in [6.45, 7) is 2.85. The van der Waals surface area contributed by atoms with Crippen LogP contribution in [0.15, 0.2) is 46.0 Å². The average molecular weight is 465 g/mol. The molecule has 1 amide bonds. The second-order valence-corrected chi connectivity index (χ2v) is 8.12. The molecule has 2 heterocycles. The van der Waals surface area contributed by atoms with Crippen molar-refractivity contribution in [3.8, 4) is 11.5 Å². The number of hydrogen-bond acceptors (Lipinski definition) is 6. The highest BCUT2D eigenvalue weighted by Crippen LogP contribution is 2.38. The van der Waals surface area contributed by atoms with Gasteiger partial charge in [0.05, 0.1) is 25.2 Å². The van der Waals surface area contributed by atoms with E-state index in [1.165, 1.54) is 11.8 Å². The van der Waals surface area contributed by atoms with Crippen molar-refractivity contribution in [2.24, 2.45) is 0 Å². The summed E-state index contributed by atoms with van der Waals surface area (Å²) in [6, 6.07) is 7.43. The fourth-order valence-electron chi connectivity index (χ4n) is 2.54. The Morgan fingerprint density at radius 1 is 1.37 bits per heavy atom. The molecule has 1 aromatic heterocycles. The monoisotopic (exact) mass is 464 g/mol. The van der Waals surface area contributed by atoms with Crippen LogP contribution in [0.1, 0.15) is 18.1 Å². The summed E-state index contributed by atoms with van der Waals surface area (Å²) in [7, 11) is 1.59. The average Bonchev–Trinajstić information content (AvgIpc) is 2.92. The summed E-state index contributed by atoms with van der Waals surface area (Å²) < 4.78 is 12.3. The number of carbonyl (C=O) groups excluding carboxylic acids is 1. The van der Waals surface area contributed by atoms with Crippen LogP contribution in [0.4, 0.5) is 0 Å². The minimum absolute atomic E-state index is 0.117. The van der Waals surface area contributed by atoms with Crippen LogP contribution >= 0.6 is 39.9 Å². The Bertz CT molecular complexity index is 903. The maximum Gasteiger partial charge on any atom is 0.266 e. The first-order valence-corrected chi connectivity index (χ1v) is 10.2. The van der Waals surface area contributed by atoms with E-state index >= 15 is 0 Å². The van der Waals surface area contributed by atoms with Gasteiger partial charge in [-0.15, -0.1) is 0 Å². The van der Waals surface area contributed by atoms with Gasteiger partial charge in [-0.1, -0.05) is 46.0 Å². The van der Waals surface area contributed by atoms with Crippen molar-refractivity contribution in [2.75, 3.05) is 13.7 Å². The van der Waals surface area contributed by atoms with Crippen LogP contribution in [-0.2, 0) is 11.3 Å². The number of aromatic nitrogens is 1. The van der Waals surface area contributed by atoms with Crippen LogP contribution in [0, 0.1) is 0 Å². The number of amides is 1. The molecule has 3 rings (SSSR count). The number of halogens is 1. The molecule has 1 saturated heterocycles. The van der Waals surface area contributed by atoms with Crippen molar-refractivity contribution in [3.05, 3.63) is 57.2 Å². The smallest absolute Gasteiger partial charge is 0.266 e. The summed E-state index contributed by atoms with van der Waals surface area (Å²) in [5.41, 5.74) is 1.75. The highest BCUT2D eigenvalue weighted by atomic mass is 79.9. The Balaban J connectivity index is 1.87. The number of hydrogen-bond donors (Lipinski definition) is 0. The number of thioether (sulfide) groups is 1. The quantitative estimate of drug-likeness (QED) is 0.457. The maximum atomic E-state index is 12.8. The van der Waals surface area contributed by atoms with E-state index < -0.39 is 0 Å². The first kappa shape index (κ1) is 19.9. The topological polar surface area (TPSA) is 51.7 Å². The van der Waals surface area contributed by atoms with Gasteiger partial charge in [0.25, 0.3) is 5.91 Å². The van der Waals surface area contributed by atoms with E-state index in [1.807, 2.05) is 37.3 Å². The van der Waals surface area contributed by atoms with Crippen molar-refractivity contribution in [1.29, 1.82) is 0 Å². The van der Waals surface area contributed by atoms with Crippen molar-refractivity contribution in [2.45, 2.75) is 13.5 Å². The van der Waals surface area contributed by atoms with Gasteiger partial charge in [0.15, 0.2) is 11.5 Å². The molecule has 0 unspecified atom stereocenters. The molecule has 2 aromatic rings. The van der Waals surface area contributed by atoms with Crippen molar-refractivity contribution in [3.63, 3.8) is 0 Å².